The fourth-order valence-electron chi connectivity index (χ4n) is 2.73. The van der Waals surface area contributed by atoms with Crippen LogP contribution in [0.1, 0.15) is 23.1 Å². The molecule has 3 N–H and O–H groups in total. The average Bonchev–Trinajstić information content (AvgIpc) is 3.10. The lowest BCUT2D eigenvalue weighted by atomic mass is 10.2. The van der Waals surface area contributed by atoms with Crippen LogP contribution in [-0.2, 0) is 11.8 Å². The van der Waals surface area contributed by atoms with E-state index < -0.39 is 17.8 Å². The molecule has 0 aliphatic carbocycles. The molecule has 0 atom stereocenters. The fourth-order valence-corrected chi connectivity index (χ4v) is 2.92. The van der Waals surface area contributed by atoms with Crippen molar-refractivity contribution in [3.8, 4) is 11.5 Å². The van der Waals surface area contributed by atoms with Crippen molar-refractivity contribution in [1.82, 2.24) is 20.1 Å². The first kappa shape index (κ1) is 23.6. The summed E-state index contributed by atoms with van der Waals surface area (Å²) in [5.74, 6) is -0.109. The van der Waals surface area contributed by atoms with Gasteiger partial charge in [0.25, 0.3) is 5.91 Å². The van der Waals surface area contributed by atoms with Gasteiger partial charge in [0.2, 0.25) is 0 Å². The minimum absolute atomic E-state index is 0.0251. The highest BCUT2D eigenvalue weighted by atomic mass is 32.1. The summed E-state index contributed by atoms with van der Waals surface area (Å²) in [7, 11) is 1.63. The number of amides is 2. The lowest BCUT2D eigenvalue weighted by Crippen LogP contribution is -2.34. The SMILES string of the molecule is CCOC(=O)NC(=S)Nc1ccc(Oc2ccc(F)c(NC(=O)c3cc(C)nn3C)c2)cn1. The van der Waals surface area contributed by atoms with E-state index in [9.17, 15) is 14.0 Å². The van der Waals surface area contributed by atoms with E-state index in [1.54, 1.807) is 39.1 Å². The molecule has 0 saturated heterocycles. The van der Waals surface area contributed by atoms with Gasteiger partial charge in [-0.3, -0.25) is 14.8 Å². The number of nitrogens with zero attached hydrogens (tertiary/aromatic N) is 3. The van der Waals surface area contributed by atoms with Crippen LogP contribution in [0.5, 0.6) is 11.5 Å². The molecule has 2 heterocycles. The van der Waals surface area contributed by atoms with Crippen LogP contribution < -0.4 is 20.7 Å². The number of anilines is 2. The molecule has 0 bridgehead atoms. The maximum Gasteiger partial charge on any atom is 0.413 e. The number of thiocarbonyl (C=S) groups is 1. The van der Waals surface area contributed by atoms with Gasteiger partial charge in [-0.2, -0.15) is 5.10 Å². The number of nitrogens with one attached hydrogen (secondary N) is 3. The summed E-state index contributed by atoms with van der Waals surface area (Å²) in [6, 6.07) is 8.74. The van der Waals surface area contributed by atoms with Gasteiger partial charge in [-0.15, -0.1) is 0 Å². The monoisotopic (exact) mass is 472 g/mol. The van der Waals surface area contributed by atoms with Crippen LogP contribution in [0.25, 0.3) is 0 Å². The number of aryl methyl sites for hydroxylation is 2. The van der Waals surface area contributed by atoms with Crippen molar-refractivity contribution in [2.24, 2.45) is 7.05 Å². The first-order valence-corrected chi connectivity index (χ1v) is 10.2. The van der Waals surface area contributed by atoms with Crippen LogP contribution >= 0.6 is 12.2 Å². The Bertz CT molecular complexity index is 1180. The molecule has 172 valence electrons. The Hall–Kier alpha value is -4.06. The minimum atomic E-state index is -0.673. The molecule has 10 nitrogen and oxygen atoms in total. The highest BCUT2D eigenvalue weighted by Crippen LogP contribution is 2.27. The van der Waals surface area contributed by atoms with Crippen LogP contribution in [0.3, 0.4) is 0 Å². The summed E-state index contributed by atoms with van der Waals surface area (Å²) in [6.07, 6.45) is 0.739. The zero-order valence-electron chi connectivity index (χ0n) is 18.0. The predicted octanol–water partition coefficient (Wildman–Crippen LogP) is 3.75. The van der Waals surface area contributed by atoms with Crippen LogP contribution in [-0.4, -0.2) is 38.5 Å². The minimum Gasteiger partial charge on any atom is -0.456 e. The van der Waals surface area contributed by atoms with Gasteiger partial charge in [-0.05, 0) is 56.4 Å². The molecule has 0 fully saturated rings. The summed E-state index contributed by atoms with van der Waals surface area (Å²) in [6.45, 7) is 3.65. The van der Waals surface area contributed by atoms with E-state index in [2.05, 4.69) is 26.0 Å². The number of aromatic nitrogens is 3. The van der Waals surface area contributed by atoms with Crippen molar-refractivity contribution in [2.45, 2.75) is 13.8 Å². The van der Waals surface area contributed by atoms with Crippen molar-refractivity contribution in [2.75, 3.05) is 17.2 Å². The molecule has 33 heavy (non-hydrogen) atoms. The molecule has 0 spiro atoms. The first-order chi connectivity index (χ1) is 15.7. The lowest BCUT2D eigenvalue weighted by molar-refractivity contribution is 0.101. The average molecular weight is 473 g/mol. The first-order valence-electron chi connectivity index (χ1n) is 9.75. The van der Waals surface area contributed by atoms with Gasteiger partial charge in [0.1, 0.15) is 28.8 Å². The number of alkyl carbamates (subject to hydrolysis) is 1. The summed E-state index contributed by atoms with van der Waals surface area (Å²) in [5.41, 5.74) is 0.918. The third-order valence-corrected chi connectivity index (χ3v) is 4.33. The Balaban J connectivity index is 1.64. The maximum absolute atomic E-state index is 14.2. The summed E-state index contributed by atoms with van der Waals surface area (Å²) in [4.78, 5) is 28.0. The van der Waals surface area contributed by atoms with Crippen molar-refractivity contribution in [3.05, 3.63) is 59.8 Å². The van der Waals surface area contributed by atoms with E-state index in [1.165, 1.54) is 29.1 Å². The molecule has 12 heteroatoms. The zero-order chi connectivity index (χ0) is 24.0. The smallest absolute Gasteiger partial charge is 0.413 e. The molecular weight excluding hydrogens is 451 g/mol. The van der Waals surface area contributed by atoms with Gasteiger partial charge < -0.3 is 20.1 Å². The van der Waals surface area contributed by atoms with E-state index in [1.807, 2.05) is 0 Å². The van der Waals surface area contributed by atoms with Crippen LogP contribution in [0.15, 0.2) is 42.6 Å². The molecule has 2 amide bonds. The third-order valence-electron chi connectivity index (χ3n) is 4.13. The number of carbonyl (C=O) groups excluding carboxylic acids is 2. The predicted molar refractivity (Wildman–Crippen MR) is 123 cm³/mol. The van der Waals surface area contributed by atoms with Gasteiger partial charge in [0, 0.05) is 13.1 Å². The maximum atomic E-state index is 14.2. The standard InChI is InChI=1S/C21H21FN6O4S/c1-4-31-21(30)26-20(33)25-18-8-6-14(11-23-18)32-13-5-7-15(22)16(10-13)24-19(29)17-9-12(2)27-28(17)3/h5-11H,4H2,1-3H3,(H,24,29)(H2,23,25,26,30,33). The second-order valence-electron chi connectivity index (χ2n) is 6.67. The highest BCUT2D eigenvalue weighted by Gasteiger charge is 2.15. The largest absolute Gasteiger partial charge is 0.456 e. The molecule has 0 saturated carbocycles. The topological polar surface area (TPSA) is 119 Å². The lowest BCUT2D eigenvalue weighted by Gasteiger charge is -2.11. The molecule has 2 aromatic heterocycles. The Labute approximate surface area is 194 Å². The molecule has 0 aliphatic rings. The summed E-state index contributed by atoms with van der Waals surface area (Å²) < 4.78 is 26.1. The number of ether oxygens (including phenoxy) is 2. The van der Waals surface area contributed by atoms with Gasteiger partial charge in [-0.1, -0.05) is 0 Å². The van der Waals surface area contributed by atoms with E-state index in [0.29, 0.717) is 23.0 Å². The summed E-state index contributed by atoms with van der Waals surface area (Å²) >= 11 is 5.00. The van der Waals surface area contributed by atoms with Gasteiger partial charge >= 0.3 is 6.09 Å². The van der Waals surface area contributed by atoms with Crippen molar-refractivity contribution >= 4 is 40.8 Å². The third kappa shape index (κ3) is 6.46. The number of hydrogen-bond acceptors (Lipinski definition) is 7. The molecular formula is C21H21FN6O4S. The van der Waals surface area contributed by atoms with Gasteiger partial charge in [0.15, 0.2) is 5.11 Å². The van der Waals surface area contributed by atoms with E-state index in [4.69, 9.17) is 21.7 Å². The van der Waals surface area contributed by atoms with Crippen molar-refractivity contribution in [1.29, 1.82) is 0 Å². The number of rotatable bonds is 6. The van der Waals surface area contributed by atoms with Crippen LogP contribution in [0, 0.1) is 12.7 Å². The Morgan fingerprint density at radius 3 is 2.55 bits per heavy atom. The highest BCUT2D eigenvalue weighted by molar-refractivity contribution is 7.80. The molecule has 1 aromatic carbocycles. The fraction of sp³-hybridized carbons (Fsp3) is 0.190. The molecule has 0 radical (unpaired) electrons. The molecule has 0 aliphatic heterocycles. The Kier molecular flexibility index (Phi) is 7.51. The quantitative estimate of drug-likeness (QED) is 0.464. The van der Waals surface area contributed by atoms with Gasteiger partial charge in [-0.25, -0.2) is 14.2 Å². The molecule has 3 aromatic rings. The number of pyridine rings is 1. The summed E-state index contributed by atoms with van der Waals surface area (Å²) in [5, 5.41) is 11.7. The normalized spacial score (nSPS) is 10.3. The Morgan fingerprint density at radius 2 is 1.91 bits per heavy atom. The van der Waals surface area contributed by atoms with Gasteiger partial charge in [0.05, 0.1) is 24.2 Å². The van der Waals surface area contributed by atoms with Crippen LogP contribution in [0.4, 0.5) is 20.7 Å². The van der Waals surface area contributed by atoms with Crippen molar-refractivity contribution in [3.63, 3.8) is 0 Å². The van der Waals surface area contributed by atoms with E-state index in [-0.39, 0.29) is 23.2 Å². The molecule has 3 rings (SSSR count). The Morgan fingerprint density at radius 1 is 1.15 bits per heavy atom. The number of halogens is 1. The van der Waals surface area contributed by atoms with E-state index in [0.717, 1.165) is 0 Å². The van der Waals surface area contributed by atoms with Crippen molar-refractivity contribution < 1.29 is 23.5 Å². The number of benzene rings is 1. The molecule has 0 unspecified atom stereocenters. The number of carbonyl (C=O) groups is 2. The second kappa shape index (κ2) is 10.5. The van der Waals surface area contributed by atoms with E-state index >= 15 is 0 Å². The second-order valence-corrected chi connectivity index (χ2v) is 7.08. The number of hydrogen-bond donors (Lipinski definition) is 3. The zero-order valence-corrected chi connectivity index (χ0v) is 18.8. The van der Waals surface area contributed by atoms with Crippen LogP contribution in [0.2, 0.25) is 0 Å².